The first kappa shape index (κ1) is 14.7. The van der Waals surface area contributed by atoms with Crippen LogP contribution in [-0.2, 0) is 0 Å². The Morgan fingerprint density at radius 3 is 2.07 bits per heavy atom. The second-order valence-corrected chi connectivity index (χ2v) is 3.73. The minimum atomic E-state index is -4.08. The van der Waals surface area contributed by atoms with E-state index in [-0.39, 0.29) is 12.5 Å². The molecule has 5 heteroatoms. The van der Waals surface area contributed by atoms with Gasteiger partial charge in [0, 0.05) is 12.5 Å². The van der Waals surface area contributed by atoms with Crippen molar-refractivity contribution in [3.8, 4) is 0 Å². The Morgan fingerprint density at radius 1 is 1.13 bits per heavy atom. The van der Waals surface area contributed by atoms with E-state index >= 15 is 0 Å². The van der Waals surface area contributed by atoms with Gasteiger partial charge in [-0.3, -0.25) is 0 Å². The summed E-state index contributed by atoms with van der Waals surface area (Å²) in [5.74, 6) is 0. The van der Waals surface area contributed by atoms with Crippen LogP contribution in [0, 0.1) is 0 Å². The molecule has 0 aliphatic heterocycles. The van der Waals surface area contributed by atoms with Crippen LogP contribution in [0.25, 0.3) is 0 Å². The fraction of sp³-hybridized carbons (Fsp3) is 1.00. The Hall–Kier alpha value is -0.290. The average Bonchev–Trinajstić information content (AvgIpc) is 2.15. The third-order valence-corrected chi connectivity index (χ3v) is 2.51. The van der Waals surface area contributed by atoms with Crippen LogP contribution >= 0.6 is 0 Å². The van der Waals surface area contributed by atoms with E-state index in [0.717, 1.165) is 19.6 Å². The molecule has 0 spiro atoms. The molecule has 0 aromatic carbocycles. The molecule has 0 saturated heterocycles. The highest BCUT2D eigenvalue weighted by Gasteiger charge is 2.27. The van der Waals surface area contributed by atoms with Crippen molar-refractivity contribution in [2.45, 2.75) is 45.3 Å². The molecular weight excluding hydrogens is 205 g/mol. The summed E-state index contributed by atoms with van der Waals surface area (Å²) in [5, 5.41) is 0. The zero-order chi connectivity index (χ0) is 11.9. The van der Waals surface area contributed by atoms with Gasteiger partial charge in [-0.1, -0.05) is 13.8 Å². The molecule has 2 nitrogen and oxygen atoms in total. The van der Waals surface area contributed by atoms with Crippen molar-refractivity contribution in [1.29, 1.82) is 0 Å². The van der Waals surface area contributed by atoms with E-state index in [2.05, 4.69) is 4.90 Å². The first-order valence-electron chi connectivity index (χ1n) is 5.43. The molecule has 0 amide bonds. The molecule has 0 rings (SSSR count). The maximum absolute atomic E-state index is 11.9. The van der Waals surface area contributed by atoms with Crippen LogP contribution in [-0.4, -0.2) is 36.8 Å². The lowest BCUT2D eigenvalue weighted by Crippen LogP contribution is -2.31. The maximum Gasteiger partial charge on any atom is 0.389 e. The molecular formula is C10H21F3N2. The molecule has 0 aromatic rings. The lowest BCUT2D eigenvalue weighted by molar-refractivity contribution is -0.136. The van der Waals surface area contributed by atoms with Crippen LogP contribution < -0.4 is 5.73 Å². The van der Waals surface area contributed by atoms with Crippen molar-refractivity contribution in [2.24, 2.45) is 5.73 Å². The largest absolute Gasteiger partial charge is 0.389 e. The van der Waals surface area contributed by atoms with Crippen LogP contribution in [0.15, 0.2) is 0 Å². The number of nitrogens with zero attached hydrogens (tertiary/aromatic N) is 1. The summed E-state index contributed by atoms with van der Waals surface area (Å²) >= 11 is 0. The first-order chi connectivity index (χ1) is 6.89. The summed E-state index contributed by atoms with van der Waals surface area (Å²) in [6, 6.07) is -0.341. The van der Waals surface area contributed by atoms with E-state index in [1.54, 1.807) is 0 Å². The predicted molar refractivity (Wildman–Crippen MR) is 55.7 cm³/mol. The fourth-order valence-corrected chi connectivity index (χ4v) is 1.38. The molecule has 2 N–H and O–H groups in total. The predicted octanol–water partition coefficient (Wildman–Crippen LogP) is 2.39. The highest BCUT2D eigenvalue weighted by molar-refractivity contribution is 4.66. The molecule has 0 aliphatic carbocycles. The van der Waals surface area contributed by atoms with Crippen molar-refractivity contribution in [3.63, 3.8) is 0 Å². The van der Waals surface area contributed by atoms with Crippen LogP contribution in [0.1, 0.15) is 33.1 Å². The van der Waals surface area contributed by atoms with E-state index in [1.807, 2.05) is 13.8 Å². The molecule has 0 aromatic heterocycles. The molecule has 1 unspecified atom stereocenters. The molecule has 0 fully saturated rings. The van der Waals surface area contributed by atoms with E-state index in [0.29, 0.717) is 6.42 Å². The van der Waals surface area contributed by atoms with Gasteiger partial charge < -0.3 is 10.6 Å². The smallest absolute Gasteiger partial charge is 0.328 e. The highest BCUT2D eigenvalue weighted by Crippen LogP contribution is 2.22. The van der Waals surface area contributed by atoms with Gasteiger partial charge in [0.2, 0.25) is 0 Å². The SMILES string of the molecule is CCN(CC)CCC(N)CCC(F)(F)F. The molecule has 0 radical (unpaired) electrons. The Bertz CT molecular complexity index is 155. The van der Waals surface area contributed by atoms with Crippen LogP contribution in [0.2, 0.25) is 0 Å². The van der Waals surface area contributed by atoms with E-state index < -0.39 is 12.6 Å². The summed E-state index contributed by atoms with van der Waals surface area (Å²) in [6.07, 6.45) is -4.18. The monoisotopic (exact) mass is 226 g/mol. The van der Waals surface area contributed by atoms with Crippen LogP contribution in [0.4, 0.5) is 13.2 Å². The lowest BCUT2D eigenvalue weighted by Gasteiger charge is -2.20. The van der Waals surface area contributed by atoms with Gasteiger partial charge in [0.1, 0.15) is 0 Å². The van der Waals surface area contributed by atoms with Gasteiger partial charge in [-0.2, -0.15) is 13.2 Å². The Morgan fingerprint density at radius 2 is 1.67 bits per heavy atom. The summed E-state index contributed by atoms with van der Waals surface area (Å²) in [5.41, 5.74) is 5.61. The minimum absolute atomic E-state index is 0.0325. The molecule has 0 bridgehead atoms. The third kappa shape index (κ3) is 8.69. The quantitative estimate of drug-likeness (QED) is 0.722. The van der Waals surface area contributed by atoms with Gasteiger partial charge in [0.15, 0.2) is 0 Å². The number of alkyl halides is 3. The van der Waals surface area contributed by atoms with Crippen molar-refractivity contribution in [1.82, 2.24) is 4.90 Å². The molecule has 1 atom stereocenters. The van der Waals surface area contributed by atoms with Gasteiger partial charge in [-0.05, 0) is 32.5 Å². The van der Waals surface area contributed by atoms with E-state index in [4.69, 9.17) is 5.73 Å². The van der Waals surface area contributed by atoms with Crippen molar-refractivity contribution in [3.05, 3.63) is 0 Å². The van der Waals surface area contributed by atoms with Gasteiger partial charge in [-0.15, -0.1) is 0 Å². The number of halogens is 3. The number of hydrogen-bond donors (Lipinski definition) is 1. The number of nitrogens with two attached hydrogens (primary N) is 1. The summed E-state index contributed by atoms with van der Waals surface area (Å²) < 4.78 is 35.6. The second-order valence-electron chi connectivity index (χ2n) is 3.73. The first-order valence-corrected chi connectivity index (χ1v) is 5.43. The summed E-state index contributed by atoms with van der Waals surface area (Å²) in [6.45, 7) is 6.69. The standard InChI is InChI=1S/C10H21F3N2/c1-3-15(4-2)8-6-9(14)5-7-10(11,12)13/h9H,3-8,14H2,1-2H3. The molecule has 15 heavy (non-hydrogen) atoms. The third-order valence-electron chi connectivity index (χ3n) is 2.51. The van der Waals surface area contributed by atoms with Crippen molar-refractivity contribution < 1.29 is 13.2 Å². The van der Waals surface area contributed by atoms with Gasteiger partial charge in [-0.25, -0.2) is 0 Å². The highest BCUT2D eigenvalue weighted by atomic mass is 19.4. The van der Waals surface area contributed by atoms with Crippen molar-refractivity contribution in [2.75, 3.05) is 19.6 Å². The average molecular weight is 226 g/mol. The lowest BCUT2D eigenvalue weighted by atomic mass is 10.1. The Kier molecular flexibility index (Phi) is 6.92. The van der Waals surface area contributed by atoms with Gasteiger partial charge in [0.05, 0.1) is 0 Å². The molecule has 0 heterocycles. The normalized spacial score (nSPS) is 14.6. The second kappa shape index (κ2) is 7.06. The van der Waals surface area contributed by atoms with Crippen LogP contribution in [0.3, 0.4) is 0 Å². The Balaban J connectivity index is 3.61. The maximum atomic E-state index is 11.9. The Labute approximate surface area is 89.6 Å². The van der Waals surface area contributed by atoms with Gasteiger partial charge >= 0.3 is 6.18 Å². The number of hydrogen-bond acceptors (Lipinski definition) is 2. The number of rotatable bonds is 7. The summed E-state index contributed by atoms with van der Waals surface area (Å²) in [4.78, 5) is 2.16. The zero-order valence-electron chi connectivity index (χ0n) is 9.48. The molecule has 0 saturated carbocycles. The summed E-state index contributed by atoms with van der Waals surface area (Å²) in [7, 11) is 0. The topological polar surface area (TPSA) is 29.3 Å². The fourth-order valence-electron chi connectivity index (χ4n) is 1.38. The van der Waals surface area contributed by atoms with E-state index in [9.17, 15) is 13.2 Å². The molecule has 92 valence electrons. The molecule has 0 aliphatic rings. The zero-order valence-corrected chi connectivity index (χ0v) is 9.48. The van der Waals surface area contributed by atoms with E-state index in [1.165, 1.54) is 0 Å². The van der Waals surface area contributed by atoms with Crippen molar-refractivity contribution >= 4 is 0 Å². The van der Waals surface area contributed by atoms with Gasteiger partial charge in [0.25, 0.3) is 0 Å². The minimum Gasteiger partial charge on any atom is -0.328 e. The van der Waals surface area contributed by atoms with Crippen LogP contribution in [0.5, 0.6) is 0 Å².